The smallest absolute Gasteiger partial charge is 0.248 e. The third-order valence-corrected chi connectivity index (χ3v) is 6.56. The van der Waals surface area contributed by atoms with E-state index in [1.54, 1.807) is 34.8 Å². The molecular formula is C26H42N4O4. The second kappa shape index (κ2) is 12.3. The predicted octanol–water partition coefficient (Wildman–Crippen LogP) is 4.40. The lowest BCUT2D eigenvalue weighted by atomic mass is 9.79. The van der Waals surface area contributed by atoms with E-state index in [0.29, 0.717) is 18.2 Å². The molecule has 3 N–H and O–H groups in total. The molecule has 0 aliphatic heterocycles. The van der Waals surface area contributed by atoms with Crippen LogP contribution in [0.4, 0.5) is 5.82 Å². The largest absolute Gasteiger partial charge is 0.327 e. The Kier molecular flexibility index (Phi) is 10.0. The predicted molar refractivity (Wildman–Crippen MR) is 132 cm³/mol. The molecule has 1 aliphatic rings. The lowest BCUT2D eigenvalue weighted by Crippen LogP contribution is -2.59. The molecule has 0 unspecified atom stereocenters. The number of amides is 3. The Bertz CT molecular complexity index is 814. The number of nitrogens with one attached hydrogen (secondary N) is 2. The zero-order valence-electron chi connectivity index (χ0n) is 21.5. The van der Waals surface area contributed by atoms with Crippen LogP contribution in [0.5, 0.6) is 0 Å². The number of hydrogen-bond acceptors (Lipinski definition) is 5. The Morgan fingerprint density at radius 1 is 1.15 bits per heavy atom. The van der Waals surface area contributed by atoms with Crippen molar-refractivity contribution in [2.75, 3.05) is 5.32 Å². The van der Waals surface area contributed by atoms with Crippen molar-refractivity contribution in [3.05, 3.63) is 24.4 Å². The van der Waals surface area contributed by atoms with Crippen molar-refractivity contribution < 1.29 is 19.6 Å². The second-order valence-corrected chi connectivity index (χ2v) is 11.2. The molecule has 1 aromatic rings. The average molecular weight is 475 g/mol. The van der Waals surface area contributed by atoms with E-state index in [1.807, 2.05) is 34.6 Å². The monoisotopic (exact) mass is 474 g/mol. The van der Waals surface area contributed by atoms with E-state index in [0.717, 1.165) is 25.7 Å². The maximum atomic E-state index is 14.1. The zero-order valence-corrected chi connectivity index (χ0v) is 21.5. The molecule has 2 atom stereocenters. The maximum Gasteiger partial charge on any atom is 0.248 e. The van der Waals surface area contributed by atoms with Gasteiger partial charge in [-0.05, 0) is 61.5 Å². The molecule has 0 radical (unpaired) electrons. The molecule has 0 saturated heterocycles. The van der Waals surface area contributed by atoms with Gasteiger partial charge in [0.05, 0.1) is 0 Å². The number of anilines is 1. The molecule has 1 heterocycles. The first-order chi connectivity index (χ1) is 15.9. The number of hydroxylamine groups is 1. The van der Waals surface area contributed by atoms with Gasteiger partial charge in [0.2, 0.25) is 17.7 Å². The first-order valence-corrected chi connectivity index (χ1v) is 12.4. The SMILES string of the molecule is CC(C)C[C@@H](CC(=O)NO)C(=O)N(C1CCC(C)CC1)[C@H](C(=O)Nc1ccccn1)C(C)(C)C. The van der Waals surface area contributed by atoms with E-state index in [2.05, 4.69) is 17.2 Å². The van der Waals surface area contributed by atoms with Crippen molar-refractivity contribution in [2.24, 2.45) is 23.2 Å². The molecule has 190 valence electrons. The number of nitrogens with zero attached hydrogens (tertiary/aromatic N) is 2. The fraction of sp³-hybridized carbons (Fsp3) is 0.692. The van der Waals surface area contributed by atoms with E-state index in [9.17, 15) is 14.4 Å². The normalized spacial score (nSPS) is 20.4. The molecule has 34 heavy (non-hydrogen) atoms. The lowest BCUT2D eigenvalue weighted by Gasteiger charge is -2.46. The van der Waals surface area contributed by atoms with Gasteiger partial charge in [-0.15, -0.1) is 0 Å². The number of aromatic nitrogens is 1. The summed E-state index contributed by atoms with van der Waals surface area (Å²) < 4.78 is 0. The van der Waals surface area contributed by atoms with Crippen LogP contribution in [0.3, 0.4) is 0 Å². The summed E-state index contributed by atoms with van der Waals surface area (Å²) >= 11 is 0. The van der Waals surface area contributed by atoms with Crippen LogP contribution in [0, 0.1) is 23.2 Å². The van der Waals surface area contributed by atoms with Crippen molar-refractivity contribution in [3.63, 3.8) is 0 Å². The van der Waals surface area contributed by atoms with Gasteiger partial charge in [0, 0.05) is 24.6 Å². The van der Waals surface area contributed by atoms with E-state index in [4.69, 9.17) is 5.21 Å². The summed E-state index contributed by atoms with van der Waals surface area (Å²) in [5.74, 6) is -0.523. The molecule has 0 spiro atoms. The van der Waals surface area contributed by atoms with Crippen LogP contribution in [0.1, 0.15) is 80.1 Å². The number of carbonyl (C=O) groups is 3. The summed E-state index contributed by atoms with van der Waals surface area (Å²) in [6, 6.07) is 4.46. The highest BCUT2D eigenvalue weighted by Gasteiger charge is 2.45. The summed E-state index contributed by atoms with van der Waals surface area (Å²) in [5.41, 5.74) is 1.11. The standard InChI is InChI=1S/C26H42N4O4/c1-17(2)15-19(16-22(31)29-34)25(33)30(20-12-10-18(3)11-13-20)23(26(4,5)6)24(32)28-21-9-7-8-14-27-21/h7-9,14,17-20,23,34H,10-13,15-16H2,1-6H3,(H,29,31)(H,27,28,32)/t18?,19-,20?,23+/m0/s1. The van der Waals surface area contributed by atoms with Crippen LogP contribution in [0.15, 0.2) is 24.4 Å². The van der Waals surface area contributed by atoms with Gasteiger partial charge >= 0.3 is 0 Å². The minimum absolute atomic E-state index is 0.0887. The Morgan fingerprint density at radius 2 is 1.79 bits per heavy atom. The maximum absolute atomic E-state index is 14.1. The van der Waals surface area contributed by atoms with Crippen LogP contribution in [-0.4, -0.2) is 44.9 Å². The fourth-order valence-corrected chi connectivity index (χ4v) is 4.93. The van der Waals surface area contributed by atoms with Gasteiger partial charge in [-0.25, -0.2) is 10.5 Å². The summed E-state index contributed by atoms with van der Waals surface area (Å²) in [7, 11) is 0. The van der Waals surface area contributed by atoms with Crippen molar-refractivity contribution >= 4 is 23.5 Å². The minimum atomic E-state index is -0.743. The van der Waals surface area contributed by atoms with Crippen LogP contribution in [0.25, 0.3) is 0 Å². The van der Waals surface area contributed by atoms with Gasteiger partial charge in [-0.2, -0.15) is 0 Å². The Balaban J connectivity index is 2.48. The van der Waals surface area contributed by atoms with E-state index < -0.39 is 23.3 Å². The molecule has 2 rings (SSSR count). The molecule has 0 aromatic carbocycles. The van der Waals surface area contributed by atoms with Gasteiger partial charge < -0.3 is 10.2 Å². The second-order valence-electron chi connectivity index (χ2n) is 11.2. The highest BCUT2D eigenvalue weighted by Crippen LogP contribution is 2.36. The third kappa shape index (κ3) is 7.79. The van der Waals surface area contributed by atoms with Gasteiger partial charge in [0.1, 0.15) is 11.9 Å². The molecule has 1 fully saturated rings. The number of pyridine rings is 1. The third-order valence-electron chi connectivity index (χ3n) is 6.56. The van der Waals surface area contributed by atoms with Gasteiger partial charge in [-0.1, -0.05) is 47.6 Å². The van der Waals surface area contributed by atoms with Crippen molar-refractivity contribution in [1.29, 1.82) is 0 Å². The molecule has 1 aromatic heterocycles. The highest BCUT2D eigenvalue weighted by atomic mass is 16.5. The lowest BCUT2D eigenvalue weighted by molar-refractivity contribution is -0.152. The van der Waals surface area contributed by atoms with E-state index >= 15 is 0 Å². The number of rotatable bonds is 9. The van der Waals surface area contributed by atoms with E-state index in [-0.39, 0.29) is 30.2 Å². The average Bonchev–Trinajstić information content (AvgIpc) is 2.76. The molecule has 0 bridgehead atoms. The summed E-state index contributed by atoms with van der Waals surface area (Å²) in [6.45, 7) is 12.1. The molecule has 8 nitrogen and oxygen atoms in total. The quantitative estimate of drug-likeness (QED) is 0.363. The Hall–Kier alpha value is -2.48. The van der Waals surface area contributed by atoms with Crippen molar-refractivity contribution in [2.45, 2.75) is 92.2 Å². The van der Waals surface area contributed by atoms with Gasteiger partial charge in [-0.3, -0.25) is 19.6 Å². The summed E-state index contributed by atoms with van der Waals surface area (Å²) in [6.07, 6.45) is 5.59. The Morgan fingerprint density at radius 3 is 2.29 bits per heavy atom. The molecule has 3 amide bonds. The van der Waals surface area contributed by atoms with Crippen LogP contribution >= 0.6 is 0 Å². The summed E-state index contributed by atoms with van der Waals surface area (Å²) in [5, 5.41) is 12.0. The summed E-state index contributed by atoms with van der Waals surface area (Å²) in [4.78, 5) is 45.9. The topological polar surface area (TPSA) is 112 Å². The van der Waals surface area contributed by atoms with Crippen LogP contribution in [0.2, 0.25) is 0 Å². The fourth-order valence-electron chi connectivity index (χ4n) is 4.93. The molecule has 8 heteroatoms. The number of hydrogen-bond donors (Lipinski definition) is 3. The minimum Gasteiger partial charge on any atom is -0.327 e. The van der Waals surface area contributed by atoms with Crippen molar-refractivity contribution in [1.82, 2.24) is 15.4 Å². The first-order valence-electron chi connectivity index (χ1n) is 12.4. The van der Waals surface area contributed by atoms with Crippen molar-refractivity contribution in [3.8, 4) is 0 Å². The first kappa shape index (κ1) is 27.8. The molecular weight excluding hydrogens is 432 g/mol. The van der Waals surface area contributed by atoms with Gasteiger partial charge in [0.25, 0.3) is 0 Å². The Labute approximate surface area is 203 Å². The van der Waals surface area contributed by atoms with Crippen LogP contribution < -0.4 is 10.8 Å². The van der Waals surface area contributed by atoms with E-state index in [1.165, 1.54) is 0 Å². The zero-order chi connectivity index (χ0) is 25.5. The highest BCUT2D eigenvalue weighted by molar-refractivity contribution is 5.98. The molecule has 1 saturated carbocycles. The van der Waals surface area contributed by atoms with Crippen LogP contribution in [-0.2, 0) is 14.4 Å². The number of carbonyl (C=O) groups excluding carboxylic acids is 3. The van der Waals surface area contributed by atoms with Gasteiger partial charge in [0.15, 0.2) is 0 Å². The molecule has 1 aliphatic carbocycles.